The lowest BCUT2D eigenvalue weighted by molar-refractivity contribution is 0.183. The summed E-state index contributed by atoms with van der Waals surface area (Å²) in [4.78, 5) is 0. The zero-order chi connectivity index (χ0) is 13.5. The maximum atomic E-state index is 5.88. The first-order chi connectivity index (χ1) is 9.35. The van der Waals surface area contributed by atoms with Crippen molar-refractivity contribution in [2.24, 2.45) is 11.7 Å². The van der Waals surface area contributed by atoms with E-state index in [1.54, 1.807) is 7.11 Å². The first kappa shape index (κ1) is 14.5. The summed E-state index contributed by atoms with van der Waals surface area (Å²) in [6, 6.07) is 9.07. The van der Waals surface area contributed by atoms with Crippen LogP contribution in [0, 0.1) is 5.92 Å². The third kappa shape index (κ3) is 4.03. The van der Waals surface area contributed by atoms with Gasteiger partial charge in [-0.2, -0.15) is 0 Å². The van der Waals surface area contributed by atoms with Crippen LogP contribution in [-0.2, 0) is 17.9 Å². The molecule has 3 heteroatoms. The van der Waals surface area contributed by atoms with Crippen molar-refractivity contribution in [1.29, 1.82) is 0 Å². The van der Waals surface area contributed by atoms with E-state index < -0.39 is 0 Å². The monoisotopic (exact) mass is 262 g/mol. The van der Waals surface area contributed by atoms with Gasteiger partial charge in [-0.15, -0.1) is 0 Å². The largest absolute Gasteiger partial charge is 0.380 e. The van der Waals surface area contributed by atoms with Crippen molar-refractivity contribution in [3.8, 4) is 0 Å². The van der Waals surface area contributed by atoms with Gasteiger partial charge >= 0.3 is 0 Å². The van der Waals surface area contributed by atoms with Crippen molar-refractivity contribution in [1.82, 2.24) is 5.32 Å². The third-order valence-electron chi connectivity index (χ3n) is 4.18. The normalized spacial score (nSPS) is 23.5. The summed E-state index contributed by atoms with van der Waals surface area (Å²) < 4.78 is 5.25. The van der Waals surface area contributed by atoms with Crippen LogP contribution < -0.4 is 11.1 Å². The SMILES string of the molecule is COCc1ccccc1CNC1CCCCC1CN. The van der Waals surface area contributed by atoms with Crippen molar-refractivity contribution in [2.75, 3.05) is 13.7 Å². The summed E-state index contributed by atoms with van der Waals surface area (Å²) in [6.45, 7) is 2.40. The van der Waals surface area contributed by atoms with Gasteiger partial charge in [0.05, 0.1) is 6.61 Å². The van der Waals surface area contributed by atoms with Crippen LogP contribution in [0.1, 0.15) is 36.8 Å². The van der Waals surface area contributed by atoms with Crippen LogP contribution in [0.5, 0.6) is 0 Å². The minimum absolute atomic E-state index is 0.578. The minimum Gasteiger partial charge on any atom is -0.380 e. The van der Waals surface area contributed by atoms with Gasteiger partial charge in [-0.1, -0.05) is 37.1 Å². The van der Waals surface area contributed by atoms with E-state index in [4.69, 9.17) is 10.5 Å². The van der Waals surface area contributed by atoms with Crippen LogP contribution in [0.4, 0.5) is 0 Å². The Morgan fingerprint density at radius 1 is 1.21 bits per heavy atom. The Morgan fingerprint density at radius 2 is 1.95 bits per heavy atom. The molecule has 1 aromatic rings. The summed E-state index contributed by atoms with van der Waals surface area (Å²) in [6.07, 6.45) is 5.19. The second-order valence-corrected chi connectivity index (χ2v) is 5.47. The Bertz CT molecular complexity index is 381. The molecule has 3 N–H and O–H groups in total. The summed E-state index contributed by atoms with van der Waals surface area (Å²) in [5.74, 6) is 0.642. The summed E-state index contributed by atoms with van der Waals surface area (Å²) >= 11 is 0. The number of hydrogen-bond acceptors (Lipinski definition) is 3. The van der Waals surface area contributed by atoms with E-state index in [0.29, 0.717) is 18.6 Å². The van der Waals surface area contributed by atoms with Crippen LogP contribution in [0.15, 0.2) is 24.3 Å². The van der Waals surface area contributed by atoms with E-state index in [9.17, 15) is 0 Å². The molecule has 106 valence electrons. The number of benzene rings is 1. The van der Waals surface area contributed by atoms with E-state index in [-0.39, 0.29) is 0 Å². The number of rotatable bonds is 6. The Kier molecular flexibility index (Phi) is 5.83. The molecule has 1 aliphatic carbocycles. The van der Waals surface area contributed by atoms with Crippen LogP contribution in [0.3, 0.4) is 0 Å². The zero-order valence-corrected chi connectivity index (χ0v) is 11.9. The molecule has 0 saturated heterocycles. The van der Waals surface area contributed by atoms with E-state index in [0.717, 1.165) is 13.1 Å². The van der Waals surface area contributed by atoms with Gasteiger partial charge < -0.3 is 15.8 Å². The lowest BCUT2D eigenvalue weighted by Crippen LogP contribution is -2.41. The molecule has 0 aromatic heterocycles. The van der Waals surface area contributed by atoms with Gasteiger partial charge in [0, 0.05) is 19.7 Å². The Morgan fingerprint density at radius 3 is 2.68 bits per heavy atom. The minimum atomic E-state index is 0.578. The number of nitrogens with two attached hydrogens (primary N) is 1. The quantitative estimate of drug-likeness (QED) is 0.828. The molecule has 1 aliphatic rings. The molecular formula is C16H26N2O. The van der Waals surface area contributed by atoms with Gasteiger partial charge in [-0.05, 0) is 36.4 Å². The first-order valence-electron chi connectivity index (χ1n) is 7.34. The highest BCUT2D eigenvalue weighted by atomic mass is 16.5. The highest BCUT2D eigenvalue weighted by molar-refractivity contribution is 5.26. The zero-order valence-electron chi connectivity index (χ0n) is 11.9. The van der Waals surface area contributed by atoms with Crippen molar-refractivity contribution in [3.05, 3.63) is 35.4 Å². The molecule has 19 heavy (non-hydrogen) atoms. The predicted molar refractivity (Wildman–Crippen MR) is 78.8 cm³/mol. The molecule has 1 saturated carbocycles. The van der Waals surface area contributed by atoms with Crippen molar-refractivity contribution in [2.45, 2.75) is 44.9 Å². The standard InChI is InChI=1S/C16H26N2O/c1-19-12-15-8-3-2-7-14(15)11-18-16-9-5-4-6-13(16)10-17/h2-3,7-8,13,16,18H,4-6,9-12,17H2,1H3. The van der Waals surface area contributed by atoms with Crippen LogP contribution >= 0.6 is 0 Å². The van der Waals surface area contributed by atoms with Gasteiger partial charge in [0.25, 0.3) is 0 Å². The molecule has 1 aromatic carbocycles. The average molecular weight is 262 g/mol. The molecule has 2 unspecified atom stereocenters. The molecule has 3 nitrogen and oxygen atoms in total. The van der Waals surface area contributed by atoms with E-state index in [1.807, 2.05) is 0 Å². The molecule has 1 fully saturated rings. The van der Waals surface area contributed by atoms with E-state index in [1.165, 1.54) is 36.8 Å². The molecule has 0 amide bonds. The topological polar surface area (TPSA) is 47.3 Å². The fourth-order valence-corrected chi connectivity index (χ4v) is 3.03. The van der Waals surface area contributed by atoms with Crippen molar-refractivity contribution in [3.63, 3.8) is 0 Å². The van der Waals surface area contributed by atoms with E-state index >= 15 is 0 Å². The first-order valence-corrected chi connectivity index (χ1v) is 7.34. The van der Waals surface area contributed by atoms with Crippen molar-refractivity contribution < 1.29 is 4.74 Å². The molecule has 2 atom stereocenters. The van der Waals surface area contributed by atoms with Gasteiger partial charge in [0.15, 0.2) is 0 Å². The second-order valence-electron chi connectivity index (χ2n) is 5.47. The van der Waals surface area contributed by atoms with Gasteiger partial charge in [0.2, 0.25) is 0 Å². The number of ether oxygens (including phenoxy) is 1. The Labute approximate surface area is 116 Å². The number of methoxy groups -OCH3 is 1. The highest BCUT2D eigenvalue weighted by Crippen LogP contribution is 2.24. The number of hydrogen-bond donors (Lipinski definition) is 2. The molecular weight excluding hydrogens is 236 g/mol. The van der Waals surface area contributed by atoms with Crippen LogP contribution in [-0.4, -0.2) is 19.7 Å². The van der Waals surface area contributed by atoms with E-state index in [2.05, 4.69) is 29.6 Å². The van der Waals surface area contributed by atoms with Crippen LogP contribution in [0.2, 0.25) is 0 Å². The molecule has 2 rings (SSSR count). The molecule has 0 aliphatic heterocycles. The van der Waals surface area contributed by atoms with Gasteiger partial charge in [-0.3, -0.25) is 0 Å². The Balaban J connectivity index is 1.93. The lowest BCUT2D eigenvalue weighted by atomic mass is 9.84. The highest BCUT2D eigenvalue weighted by Gasteiger charge is 2.23. The fourth-order valence-electron chi connectivity index (χ4n) is 3.03. The summed E-state index contributed by atoms with van der Waals surface area (Å²) in [7, 11) is 1.75. The number of nitrogens with one attached hydrogen (secondary N) is 1. The molecule has 0 radical (unpaired) electrons. The average Bonchev–Trinajstić information content (AvgIpc) is 2.47. The molecule has 0 bridgehead atoms. The van der Waals surface area contributed by atoms with Gasteiger partial charge in [-0.25, -0.2) is 0 Å². The fraction of sp³-hybridized carbons (Fsp3) is 0.625. The molecule has 0 heterocycles. The van der Waals surface area contributed by atoms with Crippen molar-refractivity contribution >= 4 is 0 Å². The van der Waals surface area contributed by atoms with Crippen LogP contribution in [0.25, 0.3) is 0 Å². The summed E-state index contributed by atoms with van der Waals surface area (Å²) in [5.41, 5.74) is 8.49. The molecule has 0 spiro atoms. The maximum Gasteiger partial charge on any atom is 0.0716 e. The second kappa shape index (κ2) is 7.63. The summed E-state index contributed by atoms with van der Waals surface area (Å²) in [5, 5.41) is 3.70. The Hall–Kier alpha value is -0.900. The maximum absolute atomic E-state index is 5.88. The lowest BCUT2D eigenvalue weighted by Gasteiger charge is -2.31. The third-order valence-corrected chi connectivity index (χ3v) is 4.18. The predicted octanol–water partition coefficient (Wildman–Crippen LogP) is 2.44. The van der Waals surface area contributed by atoms with Gasteiger partial charge in [0.1, 0.15) is 0 Å². The smallest absolute Gasteiger partial charge is 0.0716 e.